The zero-order chi connectivity index (χ0) is 14.7. The molecule has 0 unspecified atom stereocenters. The van der Waals surface area contributed by atoms with Gasteiger partial charge in [0.25, 0.3) is 0 Å². The first-order valence-electron chi connectivity index (χ1n) is 7.78. The van der Waals surface area contributed by atoms with E-state index in [1.165, 1.54) is 0 Å². The Labute approximate surface area is 124 Å². The molecular formula is C15H22N4O2. The number of hydrogen-bond acceptors (Lipinski definition) is 4. The van der Waals surface area contributed by atoms with Crippen LogP contribution in [0.2, 0.25) is 0 Å². The number of carbonyl (C=O) groups excluding carboxylic acids is 1. The van der Waals surface area contributed by atoms with Gasteiger partial charge in [-0.2, -0.15) is 0 Å². The molecule has 1 N–H and O–H groups in total. The van der Waals surface area contributed by atoms with E-state index >= 15 is 0 Å². The third-order valence-corrected chi connectivity index (χ3v) is 4.46. The van der Waals surface area contributed by atoms with Gasteiger partial charge >= 0.3 is 5.69 Å². The Hall–Kier alpha value is -1.69. The molecule has 0 saturated carbocycles. The SMILES string of the molecule is O=C(CN1CCC[C@H](c2ccnc(=O)[nH]2)C1)N1CCCC1. The van der Waals surface area contributed by atoms with Crippen LogP contribution in [-0.4, -0.2) is 58.4 Å². The number of carbonyl (C=O) groups is 1. The molecule has 0 spiro atoms. The van der Waals surface area contributed by atoms with Crippen LogP contribution in [0.25, 0.3) is 0 Å². The average molecular weight is 290 g/mol. The van der Waals surface area contributed by atoms with E-state index in [9.17, 15) is 9.59 Å². The Morgan fingerprint density at radius 3 is 2.86 bits per heavy atom. The zero-order valence-corrected chi connectivity index (χ0v) is 12.3. The van der Waals surface area contributed by atoms with E-state index < -0.39 is 0 Å². The van der Waals surface area contributed by atoms with Crippen molar-refractivity contribution in [2.45, 2.75) is 31.6 Å². The first-order valence-corrected chi connectivity index (χ1v) is 7.78. The first kappa shape index (κ1) is 14.3. The Kier molecular flexibility index (Phi) is 4.34. The summed E-state index contributed by atoms with van der Waals surface area (Å²) in [5.41, 5.74) is 0.645. The van der Waals surface area contributed by atoms with Crippen molar-refractivity contribution in [3.8, 4) is 0 Å². The number of hydrogen-bond donors (Lipinski definition) is 1. The lowest BCUT2D eigenvalue weighted by molar-refractivity contribution is -0.131. The minimum atomic E-state index is -0.294. The maximum atomic E-state index is 12.2. The summed E-state index contributed by atoms with van der Waals surface area (Å²) in [5.74, 6) is 0.539. The number of rotatable bonds is 3. The van der Waals surface area contributed by atoms with Crippen LogP contribution in [0.5, 0.6) is 0 Å². The van der Waals surface area contributed by atoms with Crippen molar-refractivity contribution >= 4 is 5.91 Å². The van der Waals surface area contributed by atoms with Crippen molar-refractivity contribution in [3.05, 3.63) is 28.4 Å². The van der Waals surface area contributed by atoms with Crippen LogP contribution in [0, 0.1) is 0 Å². The monoisotopic (exact) mass is 290 g/mol. The van der Waals surface area contributed by atoms with Crippen molar-refractivity contribution < 1.29 is 4.79 Å². The summed E-state index contributed by atoms with van der Waals surface area (Å²) in [6, 6.07) is 1.87. The van der Waals surface area contributed by atoms with Crippen LogP contribution in [0.3, 0.4) is 0 Å². The number of piperidine rings is 1. The van der Waals surface area contributed by atoms with E-state index in [0.717, 1.165) is 57.6 Å². The molecule has 0 bridgehead atoms. The summed E-state index contributed by atoms with van der Waals surface area (Å²) in [6.45, 7) is 4.12. The van der Waals surface area contributed by atoms with Gasteiger partial charge in [0.2, 0.25) is 5.91 Å². The molecule has 1 aromatic rings. The lowest BCUT2D eigenvalue weighted by Gasteiger charge is -2.33. The van der Waals surface area contributed by atoms with E-state index in [0.29, 0.717) is 12.5 Å². The summed E-state index contributed by atoms with van der Waals surface area (Å²) in [5, 5.41) is 0. The largest absolute Gasteiger partial charge is 0.345 e. The second kappa shape index (κ2) is 6.39. The third kappa shape index (κ3) is 3.50. The number of nitrogens with one attached hydrogen (secondary N) is 1. The van der Waals surface area contributed by atoms with Crippen LogP contribution >= 0.6 is 0 Å². The second-order valence-corrected chi connectivity index (χ2v) is 5.99. The Balaban J connectivity index is 1.60. The van der Waals surface area contributed by atoms with Gasteiger partial charge in [-0.3, -0.25) is 9.69 Å². The quantitative estimate of drug-likeness (QED) is 0.883. The molecule has 1 amide bonds. The number of amides is 1. The first-order chi connectivity index (χ1) is 10.2. The highest BCUT2D eigenvalue weighted by molar-refractivity contribution is 5.78. The minimum absolute atomic E-state index is 0.247. The predicted molar refractivity (Wildman–Crippen MR) is 79.1 cm³/mol. The molecule has 0 aliphatic carbocycles. The fourth-order valence-electron chi connectivity index (χ4n) is 3.33. The molecule has 2 aliphatic heterocycles. The summed E-state index contributed by atoms with van der Waals surface area (Å²) in [6.07, 6.45) is 5.93. The molecule has 114 valence electrons. The van der Waals surface area contributed by atoms with Gasteiger partial charge in [-0.25, -0.2) is 9.78 Å². The van der Waals surface area contributed by atoms with E-state index in [1.807, 2.05) is 11.0 Å². The fraction of sp³-hybridized carbons (Fsp3) is 0.667. The average Bonchev–Trinajstić information content (AvgIpc) is 3.02. The van der Waals surface area contributed by atoms with Crippen LogP contribution in [0.15, 0.2) is 17.1 Å². The topological polar surface area (TPSA) is 69.3 Å². The maximum Gasteiger partial charge on any atom is 0.345 e. The zero-order valence-electron chi connectivity index (χ0n) is 12.3. The Morgan fingerprint density at radius 2 is 2.10 bits per heavy atom. The molecule has 3 rings (SSSR count). The molecule has 0 radical (unpaired) electrons. The van der Waals surface area contributed by atoms with E-state index in [2.05, 4.69) is 14.9 Å². The summed E-state index contributed by atoms with van der Waals surface area (Å²) in [7, 11) is 0. The number of H-pyrrole nitrogens is 1. The normalized spacial score (nSPS) is 23.4. The Morgan fingerprint density at radius 1 is 1.29 bits per heavy atom. The van der Waals surface area contributed by atoms with Gasteiger partial charge in [-0.05, 0) is 38.3 Å². The molecule has 2 saturated heterocycles. The lowest BCUT2D eigenvalue weighted by atomic mass is 9.94. The van der Waals surface area contributed by atoms with Gasteiger partial charge in [0.05, 0.1) is 6.54 Å². The molecule has 2 fully saturated rings. The maximum absolute atomic E-state index is 12.2. The summed E-state index contributed by atoms with van der Waals surface area (Å²) < 4.78 is 0. The molecule has 1 aromatic heterocycles. The molecule has 21 heavy (non-hydrogen) atoms. The van der Waals surface area contributed by atoms with Crippen molar-refractivity contribution in [1.82, 2.24) is 19.8 Å². The molecule has 2 aliphatic rings. The molecule has 1 atom stereocenters. The third-order valence-electron chi connectivity index (χ3n) is 4.46. The second-order valence-electron chi connectivity index (χ2n) is 5.99. The number of aromatic nitrogens is 2. The van der Waals surface area contributed by atoms with E-state index in [1.54, 1.807) is 6.20 Å². The fourth-order valence-corrected chi connectivity index (χ4v) is 3.33. The smallest absolute Gasteiger partial charge is 0.342 e. The molecular weight excluding hydrogens is 268 g/mol. The predicted octanol–water partition coefficient (Wildman–Crippen LogP) is 0.572. The van der Waals surface area contributed by atoms with Crippen LogP contribution in [0.1, 0.15) is 37.3 Å². The van der Waals surface area contributed by atoms with Gasteiger partial charge in [-0.1, -0.05) is 0 Å². The van der Waals surface area contributed by atoms with Crippen LogP contribution in [-0.2, 0) is 4.79 Å². The van der Waals surface area contributed by atoms with Gasteiger partial charge in [0.1, 0.15) is 0 Å². The van der Waals surface area contributed by atoms with Gasteiger partial charge < -0.3 is 9.88 Å². The summed E-state index contributed by atoms with van der Waals surface area (Å²) >= 11 is 0. The van der Waals surface area contributed by atoms with Crippen LogP contribution < -0.4 is 5.69 Å². The highest BCUT2D eigenvalue weighted by Crippen LogP contribution is 2.24. The standard InChI is InChI=1S/C15H22N4O2/c20-14(19-8-1-2-9-19)11-18-7-3-4-12(10-18)13-5-6-16-15(21)17-13/h5-6,12H,1-4,7-11H2,(H,16,17,21)/t12-/m0/s1. The summed E-state index contributed by atoms with van der Waals surface area (Å²) in [4.78, 5) is 34.2. The van der Waals surface area contributed by atoms with Gasteiger partial charge in [-0.15, -0.1) is 0 Å². The van der Waals surface area contributed by atoms with Crippen molar-refractivity contribution in [3.63, 3.8) is 0 Å². The highest BCUT2D eigenvalue weighted by atomic mass is 16.2. The van der Waals surface area contributed by atoms with E-state index in [-0.39, 0.29) is 11.6 Å². The number of aromatic amines is 1. The molecule has 3 heterocycles. The number of nitrogens with zero attached hydrogens (tertiary/aromatic N) is 3. The lowest BCUT2D eigenvalue weighted by Crippen LogP contribution is -2.43. The minimum Gasteiger partial charge on any atom is -0.342 e. The van der Waals surface area contributed by atoms with Crippen LogP contribution in [0.4, 0.5) is 0 Å². The van der Waals surface area contributed by atoms with Crippen molar-refractivity contribution in [2.24, 2.45) is 0 Å². The Bertz CT molecular complexity index is 551. The molecule has 6 heteroatoms. The van der Waals surface area contributed by atoms with Gasteiger partial charge in [0.15, 0.2) is 0 Å². The number of likely N-dealkylation sites (tertiary alicyclic amines) is 2. The molecule has 6 nitrogen and oxygen atoms in total. The highest BCUT2D eigenvalue weighted by Gasteiger charge is 2.26. The van der Waals surface area contributed by atoms with Gasteiger partial charge in [0, 0.05) is 37.4 Å². The van der Waals surface area contributed by atoms with Crippen molar-refractivity contribution in [2.75, 3.05) is 32.7 Å². The molecule has 0 aromatic carbocycles. The van der Waals surface area contributed by atoms with Crippen molar-refractivity contribution in [1.29, 1.82) is 0 Å². The van der Waals surface area contributed by atoms with E-state index in [4.69, 9.17) is 0 Å².